The lowest BCUT2D eigenvalue weighted by molar-refractivity contribution is 0.133. The van der Waals surface area contributed by atoms with Gasteiger partial charge in [-0.3, -0.25) is 4.99 Å². The summed E-state index contributed by atoms with van der Waals surface area (Å²) in [4.78, 5) is 4.68. The van der Waals surface area contributed by atoms with Gasteiger partial charge in [0, 0.05) is 24.4 Å². The Hall–Kier alpha value is -0.470. The Labute approximate surface area is 181 Å². The molecule has 0 unspecified atom stereocenters. The Kier molecular flexibility index (Phi) is 15.3. The molecular formula is C20H36IN3OS. The molecule has 0 heterocycles. The van der Waals surface area contributed by atoms with Gasteiger partial charge < -0.3 is 15.4 Å². The van der Waals surface area contributed by atoms with Crippen LogP contribution in [0.15, 0.2) is 35.3 Å². The first-order chi connectivity index (χ1) is 12.1. The molecule has 0 spiro atoms. The maximum atomic E-state index is 5.72. The standard InChI is InChI=1S/C20H35N3OS.HI/c1-5-21-19(23-17-20(2,3)25-4)22-14-9-10-15-24-16-13-18-11-7-6-8-12-18;/h6-8,11-12H,5,9-10,13-17H2,1-4H3,(H2,21,22,23);1H. The van der Waals surface area contributed by atoms with E-state index in [2.05, 4.69) is 66.9 Å². The number of nitrogens with zero attached hydrogens (tertiary/aromatic N) is 1. The number of nitrogens with one attached hydrogen (secondary N) is 2. The van der Waals surface area contributed by atoms with Crippen molar-refractivity contribution in [3.05, 3.63) is 35.9 Å². The zero-order valence-corrected chi connectivity index (χ0v) is 19.9. The number of guanidine groups is 1. The first-order valence-corrected chi connectivity index (χ1v) is 10.5. The van der Waals surface area contributed by atoms with Crippen molar-refractivity contribution >= 4 is 41.7 Å². The monoisotopic (exact) mass is 493 g/mol. The highest BCUT2D eigenvalue weighted by Crippen LogP contribution is 2.20. The number of thioether (sulfide) groups is 1. The van der Waals surface area contributed by atoms with Crippen LogP contribution < -0.4 is 10.6 Å². The average molecular weight is 493 g/mol. The summed E-state index contributed by atoms with van der Waals surface area (Å²) < 4.78 is 5.90. The maximum Gasteiger partial charge on any atom is 0.191 e. The molecular weight excluding hydrogens is 457 g/mol. The van der Waals surface area contributed by atoms with E-state index in [0.29, 0.717) is 0 Å². The zero-order valence-electron chi connectivity index (χ0n) is 16.7. The van der Waals surface area contributed by atoms with Gasteiger partial charge in [0.05, 0.1) is 13.2 Å². The molecule has 150 valence electrons. The molecule has 0 aromatic heterocycles. The number of unbranched alkanes of at least 4 members (excludes halogenated alkanes) is 1. The Morgan fingerprint density at radius 3 is 2.50 bits per heavy atom. The lowest BCUT2D eigenvalue weighted by Gasteiger charge is -2.20. The molecule has 0 aliphatic heterocycles. The number of rotatable bonds is 12. The van der Waals surface area contributed by atoms with E-state index in [1.165, 1.54) is 5.56 Å². The predicted octanol–water partition coefficient (Wildman–Crippen LogP) is 4.34. The van der Waals surface area contributed by atoms with Crippen LogP contribution in [0, 0.1) is 0 Å². The van der Waals surface area contributed by atoms with E-state index in [1.54, 1.807) is 0 Å². The van der Waals surface area contributed by atoms with E-state index < -0.39 is 0 Å². The van der Waals surface area contributed by atoms with Crippen LogP contribution in [0.25, 0.3) is 0 Å². The SMILES string of the molecule is CCNC(=NCC(C)(C)SC)NCCCCOCCc1ccccc1.I. The summed E-state index contributed by atoms with van der Waals surface area (Å²) in [6.07, 6.45) is 5.27. The third kappa shape index (κ3) is 12.8. The number of benzene rings is 1. The normalized spacial score (nSPS) is 11.8. The van der Waals surface area contributed by atoms with E-state index in [-0.39, 0.29) is 28.7 Å². The van der Waals surface area contributed by atoms with Crippen LogP contribution in [0.2, 0.25) is 0 Å². The van der Waals surface area contributed by atoms with Crippen LogP contribution in [0.1, 0.15) is 39.2 Å². The quantitative estimate of drug-likeness (QED) is 0.197. The van der Waals surface area contributed by atoms with Crippen molar-refractivity contribution < 1.29 is 4.74 Å². The molecule has 0 atom stereocenters. The second kappa shape index (κ2) is 15.6. The molecule has 0 radical (unpaired) electrons. The minimum absolute atomic E-state index is 0. The first-order valence-electron chi connectivity index (χ1n) is 9.26. The molecule has 26 heavy (non-hydrogen) atoms. The van der Waals surface area contributed by atoms with Crippen molar-refractivity contribution in [1.82, 2.24) is 10.6 Å². The minimum Gasteiger partial charge on any atom is -0.381 e. The fourth-order valence-corrected chi connectivity index (χ4v) is 2.34. The van der Waals surface area contributed by atoms with E-state index in [9.17, 15) is 0 Å². The fourth-order valence-electron chi connectivity index (χ4n) is 2.15. The van der Waals surface area contributed by atoms with Crippen LogP contribution in [0.3, 0.4) is 0 Å². The Bertz CT molecular complexity index is 483. The summed E-state index contributed by atoms with van der Waals surface area (Å²) in [6, 6.07) is 10.5. The highest BCUT2D eigenvalue weighted by atomic mass is 127. The van der Waals surface area contributed by atoms with Crippen LogP contribution in [-0.2, 0) is 11.2 Å². The van der Waals surface area contributed by atoms with Gasteiger partial charge in [-0.2, -0.15) is 11.8 Å². The Balaban J connectivity index is 0.00000625. The van der Waals surface area contributed by atoms with Crippen molar-refractivity contribution in [3.8, 4) is 0 Å². The van der Waals surface area contributed by atoms with Crippen molar-refractivity contribution in [2.75, 3.05) is 39.1 Å². The fraction of sp³-hybridized carbons (Fsp3) is 0.650. The largest absolute Gasteiger partial charge is 0.381 e. The van der Waals surface area contributed by atoms with Gasteiger partial charge >= 0.3 is 0 Å². The molecule has 6 heteroatoms. The van der Waals surface area contributed by atoms with Crippen LogP contribution >= 0.6 is 35.7 Å². The Morgan fingerprint density at radius 2 is 1.85 bits per heavy atom. The molecule has 0 saturated heterocycles. The van der Waals surface area contributed by atoms with Crippen LogP contribution in [-0.4, -0.2) is 49.8 Å². The van der Waals surface area contributed by atoms with Gasteiger partial charge in [-0.25, -0.2) is 0 Å². The summed E-state index contributed by atoms with van der Waals surface area (Å²) in [5.74, 6) is 0.912. The minimum atomic E-state index is 0. The van der Waals surface area contributed by atoms with E-state index in [1.807, 2.05) is 17.8 Å². The first kappa shape index (κ1) is 25.5. The molecule has 4 nitrogen and oxygen atoms in total. The average Bonchev–Trinajstić information content (AvgIpc) is 2.62. The van der Waals surface area contributed by atoms with Crippen LogP contribution in [0.4, 0.5) is 0 Å². The molecule has 1 aromatic carbocycles. The second-order valence-electron chi connectivity index (χ2n) is 6.64. The summed E-state index contributed by atoms with van der Waals surface area (Å²) >= 11 is 1.85. The smallest absolute Gasteiger partial charge is 0.191 e. The molecule has 0 bridgehead atoms. The van der Waals surface area contributed by atoms with E-state index in [0.717, 1.165) is 58.1 Å². The molecule has 0 fully saturated rings. The second-order valence-corrected chi connectivity index (χ2v) is 8.15. The van der Waals surface area contributed by atoms with E-state index >= 15 is 0 Å². The highest BCUT2D eigenvalue weighted by Gasteiger charge is 2.15. The van der Waals surface area contributed by atoms with Crippen molar-refractivity contribution in [3.63, 3.8) is 0 Å². The lowest BCUT2D eigenvalue weighted by Crippen LogP contribution is -2.39. The molecule has 1 rings (SSSR count). The molecule has 1 aromatic rings. The molecule has 0 saturated carbocycles. The van der Waals surface area contributed by atoms with Gasteiger partial charge in [0.2, 0.25) is 0 Å². The van der Waals surface area contributed by atoms with Crippen molar-refractivity contribution in [2.45, 2.75) is 44.8 Å². The topological polar surface area (TPSA) is 45.7 Å². The van der Waals surface area contributed by atoms with Crippen molar-refractivity contribution in [2.24, 2.45) is 4.99 Å². The van der Waals surface area contributed by atoms with Gasteiger partial charge in [0.1, 0.15) is 0 Å². The maximum absolute atomic E-state index is 5.72. The number of ether oxygens (including phenoxy) is 1. The number of halogens is 1. The van der Waals surface area contributed by atoms with Gasteiger partial charge in [-0.05, 0) is 51.9 Å². The molecule has 0 aliphatic rings. The molecule has 0 amide bonds. The van der Waals surface area contributed by atoms with E-state index in [4.69, 9.17) is 4.74 Å². The summed E-state index contributed by atoms with van der Waals surface area (Å²) in [5, 5.41) is 6.72. The van der Waals surface area contributed by atoms with Gasteiger partial charge in [-0.15, -0.1) is 24.0 Å². The summed E-state index contributed by atoms with van der Waals surface area (Å²) in [5.41, 5.74) is 1.34. The highest BCUT2D eigenvalue weighted by molar-refractivity contribution is 14.0. The Morgan fingerprint density at radius 1 is 1.12 bits per heavy atom. The third-order valence-electron chi connectivity index (χ3n) is 3.90. The summed E-state index contributed by atoms with van der Waals surface area (Å²) in [7, 11) is 0. The van der Waals surface area contributed by atoms with Crippen molar-refractivity contribution in [1.29, 1.82) is 0 Å². The summed E-state index contributed by atoms with van der Waals surface area (Å²) in [6.45, 7) is 10.8. The molecule has 0 aliphatic carbocycles. The lowest BCUT2D eigenvalue weighted by atomic mass is 10.2. The van der Waals surface area contributed by atoms with Gasteiger partial charge in [0.15, 0.2) is 5.96 Å². The third-order valence-corrected chi connectivity index (χ3v) is 5.13. The number of aliphatic imine (C=N–C) groups is 1. The zero-order chi connectivity index (χ0) is 18.4. The molecule has 2 N–H and O–H groups in total. The van der Waals surface area contributed by atoms with Gasteiger partial charge in [0.25, 0.3) is 0 Å². The van der Waals surface area contributed by atoms with Crippen LogP contribution in [0.5, 0.6) is 0 Å². The predicted molar refractivity (Wildman–Crippen MR) is 127 cm³/mol. The number of hydrogen-bond donors (Lipinski definition) is 2. The van der Waals surface area contributed by atoms with Gasteiger partial charge in [-0.1, -0.05) is 30.3 Å². The number of hydrogen-bond acceptors (Lipinski definition) is 3.